The minimum atomic E-state index is 0.0866. The molecule has 0 atom stereocenters. The second kappa shape index (κ2) is 6.22. The summed E-state index contributed by atoms with van der Waals surface area (Å²) in [7, 11) is 0. The Hall–Kier alpha value is -0.620. The van der Waals surface area contributed by atoms with E-state index in [1.807, 2.05) is 6.07 Å². The largest absolute Gasteiger partial charge is 0.308 e. The first-order valence-electron chi connectivity index (χ1n) is 5.91. The Kier molecular flexibility index (Phi) is 4.84. The van der Waals surface area contributed by atoms with Crippen LogP contribution in [-0.4, -0.2) is 15.7 Å². The Morgan fingerprint density at radius 2 is 2.16 bits per heavy atom. The van der Waals surface area contributed by atoms with Gasteiger partial charge in [-0.2, -0.15) is 0 Å². The number of halogens is 1. The van der Waals surface area contributed by atoms with E-state index < -0.39 is 0 Å². The highest BCUT2D eigenvalue weighted by atomic mass is 35.5. The molecule has 0 fully saturated rings. The van der Waals surface area contributed by atoms with Crippen LogP contribution in [0.3, 0.4) is 0 Å². The monoisotopic (exact) mass is 313 g/mol. The third-order valence-electron chi connectivity index (χ3n) is 2.38. The lowest BCUT2D eigenvalue weighted by Crippen LogP contribution is -2.35. The van der Waals surface area contributed by atoms with Gasteiger partial charge in [-0.1, -0.05) is 40.8 Å². The lowest BCUT2D eigenvalue weighted by atomic mass is 10.1. The highest BCUT2D eigenvalue weighted by molar-refractivity contribution is 8.01. The Labute approximate surface area is 126 Å². The average molecular weight is 314 g/mol. The summed E-state index contributed by atoms with van der Waals surface area (Å²) in [5.74, 6) is 0. The number of hydrogen-bond acceptors (Lipinski definition) is 5. The molecule has 0 saturated carbocycles. The zero-order chi connectivity index (χ0) is 13.9. The van der Waals surface area contributed by atoms with E-state index in [1.54, 1.807) is 17.3 Å². The zero-order valence-corrected chi connectivity index (χ0v) is 13.5. The molecule has 3 nitrogen and oxygen atoms in total. The van der Waals surface area contributed by atoms with Crippen molar-refractivity contribution in [3.8, 4) is 0 Å². The van der Waals surface area contributed by atoms with E-state index in [0.29, 0.717) is 0 Å². The van der Waals surface area contributed by atoms with Gasteiger partial charge >= 0.3 is 0 Å². The van der Waals surface area contributed by atoms with Gasteiger partial charge in [0, 0.05) is 22.0 Å². The van der Waals surface area contributed by atoms with E-state index in [1.165, 1.54) is 11.3 Å². The minimum absolute atomic E-state index is 0.0866. The molecule has 102 valence electrons. The van der Waals surface area contributed by atoms with Crippen molar-refractivity contribution in [2.24, 2.45) is 0 Å². The summed E-state index contributed by atoms with van der Waals surface area (Å²) in [4.78, 5) is 1.08. The summed E-state index contributed by atoms with van der Waals surface area (Å²) in [6.45, 7) is 7.19. The van der Waals surface area contributed by atoms with Crippen molar-refractivity contribution in [1.29, 1.82) is 0 Å². The topological polar surface area (TPSA) is 37.8 Å². The summed E-state index contributed by atoms with van der Waals surface area (Å²) in [5.41, 5.74) is 2.92. The van der Waals surface area contributed by atoms with Crippen LogP contribution in [0.25, 0.3) is 0 Å². The smallest absolute Gasteiger partial charge is 0.178 e. The van der Waals surface area contributed by atoms with Crippen molar-refractivity contribution in [2.75, 3.05) is 0 Å². The highest BCUT2D eigenvalue weighted by Gasteiger charge is 2.10. The van der Waals surface area contributed by atoms with E-state index in [-0.39, 0.29) is 5.54 Å². The van der Waals surface area contributed by atoms with Crippen molar-refractivity contribution < 1.29 is 0 Å². The fraction of sp³-hybridized carbons (Fsp3) is 0.385. The van der Waals surface area contributed by atoms with Crippen LogP contribution in [0.2, 0.25) is 5.02 Å². The molecular formula is C13H16ClN3S2. The fourth-order valence-corrected chi connectivity index (χ4v) is 3.21. The zero-order valence-electron chi connectivity index (χ0n) is 11.1. The maximum absolute atomic E-state index is 6.31. The second-order valence-electron chi connectivity index (χ2n) is 5.16. The molecule has 0 amide bonds. The molecule has 2 aromatic rings. The summed E-state index contributed by atoms with van der Waals surface area (Å²) < 4.78 is 0.927. The maximum Gasteiger partial charge on any atom is 0.178 e. The van der Waals surface area contributed by atoms with Crippen molar-refractivity contribution in [3.63, 3.8) is 0 Å². The van der Waals surface area contributed by atoms with E-state index >= 15 is 0 Å². The van der Waals surface area contributed by atoms with Crippen molar-refractivity contribution in [1.82, 2.24) is 15.5 Å². The van der Waals surface area contributed by atoms with Gasteiger partial charge in [-0.25, -0.2) is 0 Å². The third-order valence-corrected chi connectivity index (χ3v) is 4.50. The first-order valence-corrected chi connectivity index (χ1v) is 7.99. The number of nitrogens with zero attached hydrogens (tertiary/aromatic N) is 2. The summed E-state index contributed by atoms with van der Waals surface area (Å²) in [5, 5.41) is 12.0. The summed E-state index contributed by atoms with van der Waals surface area (Å²) in [6, 6.07) is 6.11. The number of benzene rings is 1. The molecule has 1 N–H and O–H groups in total. The van der Waals surface area contributed by atoms with Crippen LogP contribution >= 0.6 is 34.7 Å². The first kappa shape index (κ1) is 14.8. The molecule has 0 spiro atoms. The molecule has 0 radical (unpaired) electrons. The average Bonchev–Trinajstić information content (AvgIpc) is 2.79. The Morgan fingerprint density at radius 3 is 2.74 bits per heavy atom. The van der Waals surface area contributed by atoms with Gasteiger partial charge in [0.1, 0.15) is 5.51 Å². The van der Waals surface area contributed by atoms with Gasteiger partial charge in [0.05, 0.1) is 0 Å². The molecule has 0 saturated heterocycles. The van der Waals surface area contributed by atoms with Crippen LogP contribution in [-0.2, 0) is 6.54 Å². The molecule has 6 heteroatoms. The lowest BCUT2D eigenvalue weighted by Gasteiger charge is -2.21. The normalized spacial score (nSPS) is 11.8. The Balaban J connectivity index is 2.04. The van der Waals surface area contributed by atoms with Gasteiger partial charge < -0.3 is 5.32 Å². The molecule has 0 aliphatic rings. The van der Waals surface area contributed by atoms with Crippen LogP contribution in [0, 0.1) is 0 Å². The Bertz CT molecular complexity index is 535. The van der Waals surface area contributed by atoms with Crippen molar-refractivity contribution in [2.45, 2.75) is 42.1 Å². The van der Waals surface area contributed by atoms with E-state index in [4.69, 9.17) is 11.6 Å². The first-order chi connectivity index (χ1) is 8.94. The molecule has 19 heavy (non-hydrogen) atoms. The fourth-order valence-electron chi connectivity index (χ4n) is 1.40. The van der Waals surface area contributed by atoms with Crippen LogP contribution in [0.1, 0.15) is 26.3 Å². The molecule has 1 aromatic carbocycles. The van der Waals surface area contributed by atoms with Crippen LogP contribution < -0.4 is 5.32 Å². The van der Waals surface area contributed by atoms with Crippen molar-refractivity contribution in [3.05, 3.63) is 34.3 Å². The predicted molar refractivity (Wildman–Crippen MR) is 82.1 cm³/mol. The molecule has 0 aliphatic carbocycles. The molecule has 2 rings (SSSR count). The molecule has 1 heterocycles. The lowest BCUT2D eigenvalue weighted by molar-refractivity contribution is 0.424. The molecular weight excluding hydrogens is 298 g/mol. The van der Waals surface area contributed by atoms with Gasteiger partial charge in [-0.3, -0.25) is 0 Å². The second-order valence-corrected chi connectivity index (χ2v) is 7.72. The Morgan fingerprint density at radius 1 is 1.37 bits per heavy atom. The standard InChI is InChI=1S/C13H16ClN3S2/c1-13(2,3)15-7-9-4-5-10(6-11(9)14)19-12-17-16-8-18-12/h4-6,8,15H,7H2,1-3H3. The van der Waals surface area contributed by atoms with Gasteiger partial charge in [0.2, 0.25) is 0 Å². The third kappa shape index (κ3) is 4.76. The highest BCUT2D eigenvalue weighted by Crippen LogP contribution is 2.31. The molecule has 0 bridgehead atoms. The van der Waals surface area contributed by atoms with E-state index in [2.05, 4.69) is 48.4 Å². The maximum atomic E-state index is 6.31. The van der Waals surface area contributed by atoms with Gasteiger partial charge in [0.25, 0.3) is 0 Å². The molecule has 1 aromatic heterocycles. The number of hydrogen-bond donors (Lipinski definition) is 1. The van der Waals surface area contributed by atoms with E-state index in [9.17, 15) is 0 Å². The minimum Gasteiger partial charge on any atom is -0.308 e. The van der Waals surface area contributed by atoms with Gasteiger partial charge in [-0.15, -0.1) is 10.2 Å². The van der Waals surface area contributed by atoms with Crippen molar-refractivity contribution >= 4 is 34.7 Å². The number of nitrogens with one attached hydrogen (secondary N) is 1. The molecule has 0 aliphatic heterocycles. The van der Waals surface area contributed by atoms with Crippen LogP contribution in [0.4, 0.5) is 0 Å². The number of aromatic nitrogens is 2. The predicted octanol–water partition coefficient (Wildman–Crippen LogP) is 4.23. The van der Waals surface area contributed by atoms with Crippen LogP contribution in [0.5, 0.6) is 0 Å². The van der Waals surface area contributed by atoms with Gasteiger partial charge in [-0.05, 0) is 38.5 Å². The quantitative estimate of drug-likeness (QED) is 0.916. The van der Waals surface area contributed by atoms with E-state index in [0.717, 1.165) is 26.4 Å². The summed E-state index contributed by atoms with van der Waals surface area (Å²) in [6.07, 6.45) is 0. The summed E-state index contributed by atoms with van der Waals surface area (Å²) >= 11 is 9.42. The number of rotatable bonds is 4. The van der Waals surface area contributed by atoms with Crippen LogP contribution in [0.15, 0.2) is 32.9 Å². The molecule has 0 unspecified atom stereocenters. The SMILES string of the molecule is CC(C)(C)NCc1ccc(Sc2nncs2)cc1Cl. The van der Waals surface area contributed by atoms with Gasteiger partial charge in [0.15, 0.2) is 4.34 Å².